The summed E-state index contributed by atoms with van der Waals surface area (Å²) < 4.78 is 11.5. The van der Waals surface area contributed by atoms with Gasteiger partial charge in [0.2, 0.25) is 0 Å². The Balaban J connectivity index is 0.000000335. The van der Waals surface area contributed by atoms with Crippen LogP contribution in [0, 0.1) is 6.92 Å². The molecule has 0 amide bonds. The molecule has 9 heteroatoms. The van der Waals surface area contributed by atoms with Crippen molar-refractivity contribution in [2.75, 3.05) is 23.8 Å². The quantitative estimate of drug-likeness (QED) is 0.118. The second-order valence-electron chi connectivity index (χ2n) is 12.2. The number of anilines is 1. The van der Waals surface area contributed by atoms with E-state index in [0.29, 0.717) is 18.2 Å². The van der Waals surface area contributed by atoms with Gasteiger partial charge in [0.05, 0.1) is 48.8 Å². The Morgan fingerprint density at radius 2 is 1.70 bits per heavy atom. The van der Waals surface area contributed by atoms with Crippen molar-refractivity contribution in [3.63, 3.8) is 0 Å². The minimum atomic E-state index is -1.06. The third kappa shape index (κ3) is 9.15. The number of para-hydroxylation sites is 1. The van der Waals surface area contributed by atoms with E-state index in [2.05, 4.69) is 81.7 Å². The second kappa shape index (κ2) is 16.9. The summed E-state index contributed by atoms with van der Waals surface area (Å²) in [5.41, 5.74) is 7.24. The molecule has 0 radical (unpaired) electrons. The molecule has 250 valence electrons. The van der Waals surface area contributed by atoms with Crippen LogP contribution in [0.25, 0.3) is 11.1 Å². The van der Waals surface area contributed by atoms with E-state index >= 15 is 0 Å². The molecule has 6 rings (SSSR count). The molecular formula is C38H46NO6PS. The number of hydrogen-bond donors (Lipinski definition) is 4. The lowest BCUT2D eigenvalue weighted by Crippen LogP contribution is -2.50. The fourth-order valence-electron chi connectivity index (χ4n) is 6.00. The Bertz CT molecular complexity index is 1540. The van der Waals surface area contributed by atoms with Crippen molar-refractivity contribution >= 4 is 32.3 Å². The lowest BCUT2D eigenvalue weighted by atomic mass is 9.90. The highest BCUT2D eigenvalue weighted by Crippen LogP contribution is 2.39. The third-order valence-electron chi connectivity index (χ3n) is 8.85. The summed E-state index contributed by atoms with van der Waals surface area (Å²) >= 11 is 1.24. The first-order chi connectivity index (χ1) is 22.8. The molecule has 2 aliphatic heterocycles. The predicted molar refractivity (Wildman–Crippen MR) is 194 cm³/mol. The largest absolute Gasteiger partial charge is 0.426 e. The highest BCUT2D eigenvalue weighted by atomic mass is 32.2. The topological polar surface area (TPSA) is 103 Å². The van der Waals surface area contributed by atoms with Crippen LogP contribution in [0.4, 0.5) is 5.69 Å². The number of rotatable bonds is 10. The fourth-order valence-corrected chi connectivity index (χ4v) is 6.87. The second-order valence-corrected chi connectivity index (χ2v) is 13.6. The normalized spacial score (nSPS) is 22.9. The molecule has 0 saturated carbocycles. The van der Waals surface area contributed by atoms with Crippen LogP contribution < -0.4 is 14.4 Å². The van der Waals surface area contributed by atoms with Crippen LogP contribution in [0.3, 0.4) is 0 Å². The number of hydrogen-bond acceptors (Lipinski definition) is 8. The smallest absolute Gasteiger partial charge is 0.137 e. The molecule has 0 spiro atoms. The van der Waals surface area contributed by atoms with Crippen LogP contribution >= 0.6 is 21.3 Å². The lowest BCUT2D eigenvalue weighted by Gasteiger charge is -2.43. The standard InChI is InChI=1S/C29H33NO5S.C9H13OP/c1-19-15-21(26-13-14-30(26)22-5-3-2-4-6-22)9-12-25(19)20-7-10-23(11-8-20)35-36-18-24-16-27(32)29(33)28(17-31)34-24;1-2-9(10)7-3-5-8(11)6-4-7/h2-12,15,24,26-29,31-33H,13-14,16-18H2,1H3;3-6,9-10H,2,11H2,1H3/t24?,26?,27?,28?,29-;/m0./s1. The maximum absolute atomic E-state index is 9.96. The summed E-state index contributed by atoms with van der Waals surface area (Å²) in [5.74, 6) is 1.23. The summed E-state index contributed by atoms with van der Waals surface area (Å²) in [4.78, 5) is 2.46. The van der Waals surface area contributed by atoms with Gasteiger partial charge < -0.3 is 34.2 Å². The van der Waals surface area contributed by atoms with E-state index in [9.17, 15) is 20.4 Å². The van der Waals surface area contributed by atoms with Crippen LogP contribution in [0.5, 0.6) is 5.75 Å². The van der Waals surface area contributed by atoms with E-state index in [1.807, 2.05) is 43.3 Å². The van der Waals surface area contributed by atoms with Gasteiger partial charge in [-0.3, -0.25) is 0 Å². The Morgan fingerprint density at radius 1 is 0.979 bits per heavy atom. The number of aliphatic hydroxyl groups is 4. The lowest BCUT2D eigenvalue weighted by molar-refractivity contribution is -0.173. The summed E-state index contributed by atoms with van der Waals surface area (Å²) in [5, 5.41) is 39.7. The zero-order valence-electron chi connectivity index (χ0n) is 27.0. The molecule has 47 heavy (non-hydrogen) atoms. The van der Waals surface area contributed by atoms with Gasteiger partial charge in [-0.05, 0) is 77.2 Å². The number of ether oxygens (including phenoxy) is 1. The van der Waals surface area contributed by atoms with Crippen molar-refractivity contribution < 1.29 is 29.3 Å². The summed E-state index contributed by atoms with van der Waals surface area (Å²) in [7, 11) is 2.62. The summed E-state index contributed by atoms with van der Waals surface area (Å²) in [6, 6.07) is 33.7. The molecule has 6 unspecified atom stereocenters. The first-order valence-electron chi connectivity index (χ1n) is 16.3. The van der Waals surface area contributed by atoms with Crippen molar-refractivity contribution in [1.29, 1.82) is 0 Å². The van der Waals surface area contributed by atoms with Gasteiger partial charge in [0.1, 0.15) is 18.0 Å². The molecule has 7 nitrogen and oxygen atoms in total. The van der Waals surface area contributed by atoms with Crippen molar-refractivity contribution in [1.82, 2.24) is 0 Å². The zero-order valence-corrected chi connectivity index (χ0v) is 29.0. The fraction of sp³-hybridized carbons (Fsp3) is 0.368. The van der Waals surface area contributed by atoms with Crippen molar-refractivity contribution in [3.05, 3.63) is 114 Å². The van der Waals surface area contributed by atoms with Crippen LogP contribution in [0.1, 0.15) is 55.0 Å². The third-order valence-corrected chi connectivity index (χ3v) is 10.1. The summed E-state index contributed by atoms with van der Waals surface area (Å²) in [6.45, 7) is 4.90. The maximum atomic E-state index is 9.96. The van der Waals surface area contributed by atoms with E-state index in [1.165, 1.54) is 40.8 Å². The van der Waals surface area contributed by atoms with Gasteiger partial charge in [-0.15, -0.1) is 9.24 Å². The molecule has 2 aliphatic rings. The van der Waals surface area contributed by atoms with Gasteiger partial charge in [-0.1, -0.05) is 79.7 Å². The van der Waals surface area contributed by atoms with Crippen LogP contribution in [-0.4, -0.2) is 63.7 Å². The first kappa shape index (κ1) is 35.4. The van der Waals surface area contributed by atoms with E-state index in [4.69, 9.17) is 8.92 Å². The van der Waals surface area contributed by atoms with Crippen LogP contribution in [-0.2, 0) is 4.74 Å². The molecule has 4 N–H and O–H groups in total. The highest BCUT2D eigenvalue weighted by Gasteiger charge is 2.36. The van der Waals surface area contributed by atoms with Gasteiger partial charge >= 0.3 is 0 Å². The van der Waals surface area contributed by atoms with Gasteiger partial charge in [-0.2, -0.15) is 0 Å². The average molecular weight is 676 g/mol. The molecule has 0 bridgehead atoms. The Morgan fingerprint density at radius 3 is 2.32 bits per heavy atom. The van der Waals surface area contributed by atoms with E-state index in [1.54, 1.807) is 0 Å². The number of benzene rings is 4. The van der Waals surface area contributed by atoms with Crippen LogP contribution in [0.2, 0.25) is 0 Å². The first-order valence-corrected chi connectivity index (χ1v) is 17.7. The number of aliphatic hydroxyl groups excluding tert-OH is 4. The number of nitrogens with zero attached hydrogens (tertiary/aromatic N) is 1. The van der Waals surface area contributed by atoms with Crippen molar-refractivity contribution in [3.8, 4) is 16.9 Å². The molecule has 0 aromatic heterocycles. The SMILES string of the molecule is CCC(O)c1ccc(P)cc1.Cc1cc(C2CCN2c2ccccc2)ccc1-c1ccc(OSCC2CC(O)[C@H](O)C(CO)O2)cc1. The van der Waals surface area contributed by atoms with E-state index < -0.39 is 18.3 Å². The molecule has 7 atom stereocenters. The maximum Gasteiger partial charge on any atom is 0.137 e. The van der Waals surface area contributed by atoms with Crippen molar-refractivity contribution in [2.45, 2.75) is 69.7 Å². The predicted octanol–water partition coefficient (Wildman–Crippen LogP) is 6.14. The Hall–Kier alpha value is -2.94. The Labute approximate surface area is 285 Å². The minimum Gasteiger partial charge on any atom is -0.426 e. The minimum absolute atomic E-state index is 0.292. The zero-order chi connectivity index (χ0) is 33.3. The van der Waals surface area contributed by atoms with Gasteiger partial charge in [0, 0.05) is 18.7 Å². The van der Waals surface area contributed by atoms with Gasteiger partial charge in [0.15, 0.2) is 0 Å². The molecule has 0 aliphatic carbocycles. The number of aryl methyl sites for hydroxylation is 1. The molecular weight excluding hydrogens is 629 g/mol. The monoisotopic (exact) mass is 675 g/mol. The van der Waals surface area contributed by atoms with Gasteiger partial charge in [-0.25, -0.2) is 0 Å². The average Bonchev–Trinajstić information content (AvgIpc) is 3.07. The highest BCUT2D eigenvalue weighted by molar-refractivity contribution is 7.95. The van der Waals surface area contributed by atoms with Gasteiger partial charge in [0.25, 0.3) is 0 Å². The molecule has 2 fully saturated rings. The molecule has 4 aromatic rings. The van der Waals surface area contributed by atoms with Crippen LogP contribution in [0.15, 0.2) is 97.1 Å². The Kier molecular flexibility index (Phi) is 12.7. The van der Waals surface area contributed by atoms with Crippen molar-refractivity contribution in [2.24, 2.45) is 0 Å². The molecule has 4 aromatic carbocycles. The van der Waals surface area contributed by atoms with E-state index in [-0.39, 0.29) is 18.8 Å². The molecule has 2 saturated heterocycles. The van der Waals surface area contributed by atoms with E-state index in [0.717, 1.165) is 35.1 Å². The molecule has 2 heterocycles. The summed E-state index contributed by atoms with van der Waals surface area (Å²) in [6.07, 6.45) is -1.06.